The van der Waals surface area contributed by atoms with E-state index in [0.717, 1.165) is 6.42 Å². The number of amides is 1. The molecule has 1 rings (SSSR count). The van der Waals surface area contributed by atoms with Gasteiger partial charge in [0.25, 0.3) is 5.91 Å². The summed E-state index contributed by atoms with van der Waals surface area (Å²) in [6.45, 7) is 2.62. The Morgan fingerprint density at radius 1 is 1.33 bits per heavy atom. The zero-order valence-corrected chi connectivity index (χ0v) is 8.60. The fourth-order valence-electron chi connectivity index (χ4n) is 1.15. The smallest absolute Gasteiger partial charge is 0.423 e. The van der Waals surface area contributed by atoms with E-state index < -0.39 is 7.12 Å². The van der Waals surface area contributed by atoms with E-state index in [0.29, 0.717) is 17.6 Å². The van der Waals surface area contributed by atoms with Crippen molar-refractivity contribution in [3.05, 3.63) is 29.8 Å². The van der Waals surface area contributed by atoms with Gasteiger partial charge in [-0.25, -0.2) is 0 Å². The Labute approximate surface area is 89.1 Å². The molecule has 4 nitrogen and oxygen atoms in total. The van der Waals surface area contributed by atoms with Crippen LogP contribution in [0.4, 0.5) is 0 Å². The standard InChI is InChI=1S/C10H14BNO3/c1-2-7-12-10(13)8-3-5-9(6-4-8)11(14)15/h3-6,14-15H,2,7H2,1H3,(H,12,13). The van der Waals surface area contributed by atoms with Crippen LogP contribution < -0.4 is 10.8 Å². The Kier molecular flexibility index (Phi) is 4.33. The first-order valence-electron chi connectivity index (χ1n) is 4.89. The molecule has 0 aromatic heterocycles. The van der Waals surface area contributed by atoms with Crippen molar-refractivity contribution in [3.63, 3.8) is 0 Å². The maximum atomic E-state index is 11.4. The van der Waals surface area contributed by atoms with Crippen molar-refractivity contribution < 1.29 is 14.8 Å². The van der Waals surface area contributed by atoms with Gasteiger partial charge in [-0.1, -0.05) is 19.1 Å². The van der Waals surface area contributed by atoms with E-state index in [-0.39, 0.29) is 5.91 Å². The molecule has 0 aliphatic carbocycles. The van der Waals surface area contributed by atoms with Crippen molar-refractivity contribution in [3.8, 4) is 0 Å². The SMILES string of the molecule is CCCNC(=O)c1ccc(B(O)O)cc1. The van der Waals surface area contributed by atoms with Gasteiger partial charge in [0.05, 0.1) is 0 Å². The maximum Gasteiger partial charge on any atom is 0.488 e. The first-order chi connectivity index (χ1) is 7.15. The van der Waals surface area contributed by atoms with Gasteiger partial charge in [-0.15, -0.1) is 0 Å². The van der Waals surface area contributed by atoms with Crippen LogP contribution in [-0.2, 0) is 0 Å². The molecule has 0 bridgehead atoms. The molecule has 0 saturated carbocycles. The Hall–Kier alpha value is -1.33. The fourth-order valence-corrected chi connectivity index (χ4v) is 1.15. The third-order valence-electron chi connectivity index (χ3n) is 2.01. The molecular weight excluding hydrogens is 193 g/mol. The lowest BCUT2D eigenvalue weighted by molar-refractivity contribution is 0.0953. The van der Waals surface area contributed by atoms with Crippen LogP contribution in [0.1, 0.15) is 23.7 Å². The number of carbonyl (C=O) groups excluding carboxylic acids is 1. The average Bonchev–Trinajstić information content (AvgIpc) is 2.26. The molecule has 0 fully saturated rings. The first-order valence-corrected chi connectivity index (χ1v) is 4.89. The van der Waals surface area contributed by atoms with E-state index in [9.17, 15) is 4.79 Å². The summed E-state index contributed by atoms with van der Waals surface area (Å²) in [5.74, 6) is -0.143. The van der Waals surface area contributed by atoms with E-state index in [2.05, 4.69) is 5.32 Å². The van der Waals surface area contributed by atoms with Crippen molar-refractivity contribution in [2.75, 3.05) is 6.54 Å². The van der Waals surface area contributed by atoms with E-state index >= 15 is 0 Å². The largest absolute Gasteiger partial charge is 0.488 e. The van der Waals surface area contributed by atoms with Crippen LogP contribution in [0.3, 0.4) is 0 Å². The van der Waals surface area contributed by atoms with Crippen LogP contribution in [-0.4, -0.2) is 29.6 Å². The summed E-state index contributed by atoms with van der Waals surface area (Å²) >= 11 is 0. The topological polar surface area (TPSA) is 69.6 Å². The summed E-state index contributed by atoms with van der Waals surface area (Å²) in [5, 5.41) is 20.4. The molecule has 0 heterocycles. The molecule has 5 heteroatoms. The highest BCUT2D eigenvalue weighted by Gasteiger charge is 2.11. The average molecular weight is 207 g/mol. The van der Waals surface area contributed by atoms with E-state index in [4.69, 9.17) is 10.0 Å². The van der Waals surface area contributed by atoms with Crippen LogP contribution >= 0.6 is 0 Å². The van der Waals surface area contributed by atoms with Crippen LogP contribution in [0.2, 0.25) is 0 Å². The van der Waals surface area contributed by atoms with Crippen molar-refractivity contribution in [2.45, 2.75) is 13.3 Å². The van der Waals surface area contributed by atoms with Gasteiger partial charge in [0, 0.05) is 12.1 Å². The Morgan fingerprint density at radius 3 is 2.40 bits per heavy atom. The van der Waals surface area contributed by atoms with Crippen LogP contribution in [0, 0.1) is 0 Å². The van der Waals surface area contributed by atoms with Gasteiger partial charge < -0.3 is 15.4 Å². The molecule has 3 N–H and O–H groups in total. The Morgan fingerprint density at radius 2 is 1.93 bits per heavy atom. The first kappa shape index (κ1) is 11.7. The van der Waals surface area contributed by atoms with Crippen molar-refractivity contribution in [1.29, 1.82) is 0 Å². The minimum atomic E-state index is -1.49. The summed E-state index contributed by atoms with van der Waals surface area (Å²) in [5.41, 5.74) is 0.898. The van der Waals surface area contributed by atoms with Gasteiger partial charge in [0.15, 0.2) is 0 Å². The highest BCUT2D eigenvalue weighted by atomic mass is 16.4. The van der Waals surface area contributed by atoms with Gasteiger partial charge in [0.2, 0.25) is 0 Å². The third-order valence-corrected chi connectivity index (χ3v) is 2.01. The van der Waals surface area contributed by atoms with E-state index in [1.165, 1.54) is 12.1 Å². The molecule has 0 aliphatic heterocycles. The summed E-state index contributed by atoms with van der Waals surface area (Å²) in [7, 11) is -1.49. The minimum absolute atomic E-state index is 0.143. The number of benzene rings is 1. The van der Waals surface area contributed by atoms with E-state index in [1.54, 1.807) is 12.1 Å². The summed E-state index contributed by atoms with van der Waals surface area (Å²) in [6, 6.07) is 6.18. The monoisotopic (exact) mass is 207 g/mol. The van der Waals surface area contributed by atoms with Crippen molar-refractivity contribution >= 4 is 18.5 Å². The normalized spacial score (nSPS) is 9.80. The number of hydrogen-bond acceptors (Lipinski definition) is 3. The zero-order chi connectivity index (χ0) is 11.3. The second-order valence-corrected chi connectivity index (χ2v) is 3.25. The minimum Gasteiger partial charge on any atom is -0.423 e. The van der Waals surface area contributed by atoms with Crippen molar-refractivity contribution in [2.24, 2.45) is 0 Å². The van der Waals surface area contributed by atoms with Gasteiger partial charge in [-0.3, -0.25) is 4.79 Å². The highest BCUT2D eigenvalue weighted by Crippen LogP contribution is 1.97. The molecule has 1 aromatic carbocycles. The zero-order valence-electron chi connectivity index (χ0n) is 8.60. The molecule has 0 aliphatic rings. The molecule has 1 amide bonds. The lowest BCUT2D eigenvalue weighted by Gasteiger charge is -2.04. The lowest BCUT2D eigenvalue weighted by Crippen LogP contribution is -2.30. The van der Waals surface area contributed by atoms with Gasteiger partial charge in [-0.2, -0.15) is 0 Å². The summed E-state index contributed by atoms with van der Waals surface area (Å²) in [4.78, 5) is 11.4. The molecule has 0 spiro atoms. The highest BCUT2D eigenvalue weighted by molar-refractivity contribution is 6.58. The molecule has 1 aromatic rings. The van der Waals surface area contributed by atoms with Crippen molar-refractivity contribution in [1.82, 2.24) is 5.32 Å². The number of carbonyl (C=O) groups is 1. The Balaban J connectivity index is 2.67. The quantitative estimate of drug-likeness (QED) is 0.583. The van der Waals surface area contributed by atoms with Crippen LogP contribution in [0.25, 0.3) is 0 Å². The molecule has 80 valence electrons. The molecule has 0 unspecified atom stereocenters. The lowest BCUT2D eigenvalue weighted by atomic mass is 9.80. The third kappa shape index (κ3) is 3.38. The van der Waals surface area contributed by atoms with E-state index in [1.807, 2.05) is 6.92 Å². The summed E-state index contributed by atoms with van der Waals surface area (Å²) in [6.07, 6.45) is 0.888. The van der Waals surface area contributed by atoms with Crippen LogP contribution in [0.15, 0.2) is 24.3 Å². The number of hydrogen-bond donors (Lipinski definition) is 3. The molecule has 0 saturated heterocycles. The molecule has 0 radical (unpaired) electrons. The predicted octanol–water partition coefficient (Wildman–Crippen LogP) is -0.494. The second kappa shape index (κ2) is 5.53. The van der Waals surface area contributed by atoms with Gasteiger partial charge in [-0.05, 0) is 24.0 Å². The molecule has 0 atom stereocenters. The van der Waals surface area contributed by atoms with Crippen LogP contribution in [0.5, 0.6) is 0 Å². The fraction of sp³-hybridized carbons (Fsp3) is 0.300. The molecule has 15 heavy (non-hydrogen) atoms. The molecular formula is C10H14BNO3. The predicted molar refractivity (Wildman–Crippen MR) is 58.9 cm³/mol. The summed E-state index contributed by atoms with van der Waals surface area (Å²) < 4.78 is 0. The number of nitrogens with one attached hydrogen (secondary N) is 1. The number of rotatable bonds is 4. The van der Waals surface area contributed by atoms with Gasteiger partial charge >= 0.3 is 7.12 Å². The van der Waals surface area contributed by atoms with Gasteiger partial charge in [0.1, 0.15) is 0 Å². The Bertz CT molecular complexity index is 324. The second-order valence-electron chi connectivity index (χ2n) is 3.25. The maximum absolute atomic E-state index is 11.4.